The van der Waals surface area contributed by atoms with Crippen molar-refractivity contribution in [3.8, 4) is 0 Å². The third-order valence-electron chi connectivity index (χ3n) is 4.54. The first-order valence-corrected chi connectivity index (χ1v) is 8.22. The maximum Gasteiger partial charge on any atom is 0.244 e. The molecule has 0 saturated carbocycles. The van der Waals surface area contributed by atoms with E-state index in [1.54, 1.807) is 4.90 Å². The number of carbonyl (C=O) groups is 1. The lowest BCUT2D eigenvalue weighted by molar-refractivity contribution is -0.129. The van der Waals surface area contributed by atoms with E-state index in [0.717, 1.165) is 44.2 Å². The summed E-state index contributed by atoms with van der Waals surface area (Å²) in [5, 5.41) is 0. The first kappa shape index (κ1) is 15.1. The van der Waals surface area contributed by atoms with Gasteiger partial charge in [0, 0.05) is 39.9 Å². The van der Waals surface area contributed by atoms with Gasteiger partial charge >= 0.3 is 0 Å². The highest BCUT2D eigenvalue weighted by molar-refractivity contribution is 5.85. The first-order valence-electron chi connectivity index (χ1n) is 8.22. The number of aromatic nitrogens is 2. The molecule has 1 aromatic heterocycles. The number of anilines is 2. The van der Waals surface area contributed by atoms with E-state index in [4.69, 9.17) is 4.98 Å². The number of carbonyl (C=O) groups excluding carboxylic acids is 1. The fourth-order valence-corrected chi connectivity index (χ4v) is 3.34. The van der Waals surface area contributed by atoms with E-state index in [1.165, 1.54) is 19.3 Å². The van der Waals surface area contributed by atoms with Crippen molar-refractivity contribution < 1.29 is 4.79 Å². The minimum absolute atomic E-state index is 0.0842. The number of likely N-dealkylation sites (N-methyl/N-ethyl adjacent to an activating group) is 1. The van der Waals surface area contributed by atoms with Crippen molar-refractivity contribution in [3.05, 3.63) is 12.3 Å². The Morgan fingerprint density at radius 3 is 2.68 bits per heavy atom. The molecule has 0 aromatic carbocycles. The zero-order chi connectivity index (χ0) is 15.5. The van der Waals surface area contributed by atoms with Crippen LogP contribution in [0.25, 0.3) is 0 Å². The normalized spacial score (nSPS) is 22.0. The van der Waals surface area contributed by atoms with Crippen molar-refractivity contribution in [2.24, 2.45) is 0 Å². The number of piperidine rings is 1. The van der Waals surface area contributed by atoms with Gasteiger partial charge in [-0.25, -0.2) is 4.98 Å². The summed E-state index contributed by atoms with van der Waals surface area (Å²) in [6, 6.07) is 1.84. The second-order valence-electron chi connectivity index (χ2n) is 6.35. The highest BCUT2D eigenvalue weighted by Gasteiger charge is 2.33. The van der Waals surface area contributed by atoms with Gasteiger partial charge in [0.1, 0.15) is 11.9 Å². The lowest BCUT2D eigenvalue weighted by Crippen LogP contribution is -2.43. The summed E-state index contributed by atoms with van der Waals surface area (Å²) in [6.07, 6.45) is 7.47. The van der Waals surface area contributed by atoms with Crippen molar-refractivity contribution in [1.29, 1.82) is 0 Å². The third kappa shape index (κ3) is 3.00. The zero-order valence-corrected chi connectivity index (χ0v) is 13.5. The first-order chi connectivity index (χ1) is 10.7. The van der Waals surface area contributed by atoms with Gasteiger partial charge in [-0.15, -0.1) is 0 Å². The second kappa shape index (κ2) is 6.50. The topological polar surface area (TPSA) is 52.6 Å². The number of nitrogens with zero attached hydrogens (tertiary/aromatic N) is 5. The molecule has 3 heterocycles. The standard InChI is InChI=1S/C16H25N5O/c1-19(2)15(22)13-7-6-12-21(13)14-8-9-17-16(18-14)20-10-4-3-5-11-20/h8-9,13H,3-7,10-12H2,1-2H3/t13-/m0/s1. The molecular formula is C16H25N5O. The van der Waals surface area contributed by atoms with Gasteiger partial charge in [-0.1, -0.05) is 0 Å². The van der Waals surface area contributed by atoms with Crippen LogP contribution in [-0.2, 0) is 4.79 Å². The van der Waals surface area contributed by atoms with E-state index in [9.17, 15) is 4.79 Å². The monoisotopic (exact) mass is 303 g/mol. The SMILES string of the molecule is CN(C)C(=O)[C@@H]1CCCN1c1ccnc(N2CCCCC2)n1. The number of hydrogen-bond acceptors (Lipinski definition) is 5. The molecule has 120 valence electrons. The summed E-state index contributed by atoms with van der Waals surface area (Å²) in [6.45, 7) is 2.95. The van der Waals surface area contributed by atoms with Crippen LogP contribution in [0, 0.1) is 0 Å². The molecule has 22 heavy (non-hydrogen) atoms. The Kier molecular flexibility index (Phi) is 4.45. The Morgan fingerprint density at radius 1 is 1.18 bits per heavy atom. The molecule has 2 aliphatic heterocycles. The molecule has 1 atom stereocenters. The van der Waals surface area contributed by atoms with Crippen LogP contribution in [0.3, 0.4) is 0 Å². The average Bonchev–Trinajstić information content (AvgIpc) is 3.04. The maximum absolute atomic E-state index is 12.3. The van der Waals surface area contributed by atoms with Crippen LogP contribution in [0.1, 0.15) is 32.1 Å². The highest BCUT2D eigenvalue weighted by Crippen LogP contribution is 2.26. The van der Waals surface area contributed by atoms with Gasteiger partial charge < -0.3 is 14.7 Å². The van der Waals surface area contributed by atoms with E-state index < -0.39 is 0 Å². The Labute approximate surface area is 132 Å². The smallest absolute Gasteiger partial charge is 0.244 e. The molecule has 0 unspecified atom stereocenters. The van der Waals surface area contributed by atoms with Crippen molar-refractivity contribution in [3.63, 3.8) is 0 Å². The van der Waals surface area contributed by atoms with Crippen molar-refractivity contribution in [1.82, 2.24) is 14.9 Å². The average molecular weight is 303 g/mol. The Morgan fingerprint density at radius 2 is 1.95 bits per heavy atom. The molecule has 0 radical (unpaired) electrons. The molecule has 0 bridgehead atoms. The molecule has 1 amide bonds. The van der Waals surface area contributed by atoms with E-state index in [0.29, 0.717) is 0 Å². The summed E-state index contributed by atoms with van der Waals surface area (Å²) < 4.78 is 0. The largest absolute Gasteiger partial charge is 0.347 e. The van der Waals surface area contributed by atoms with Gasteiger partial charge in [-0.05, 0) is 38.2 Å². The van der Waals surface area contributed by atoms with E-state index >= 15 is 0 Å². The predicted molar refractivity (Wildman–Crippen MR) is 87.2 cm³/mol. The number of hydrogen-bond donors (Lipinski definition) is 0. The Hall–Kier alpha value is -1.85. The quantitative estimate of drug-likeness (QED) is 0.847. The van der Waals surface area contributed by atoms with Crippen LogP contribution in [-0.4, -0.2) is 60.5 Å². The van der Waals surface area contributed by atoms with E-state index in [-0.39, 0.29) is 11.9 Å². The molecule has 3 rings (SSSR count). The minimum Gasteiger partial charge on any atom is -0.347 e. The van der Waals surface area contributed by atoms with E-state index in [2.05, 4.69) is 14.8 Å². The molecule has 0 aliphatic carbocycles. The molecule has 0 spiro atoms. The van der Waals surface area contributed by atoms with Gasteiger partial charge in [-0.3, -0.25) is 4.79 Å². The molecule has 6 nitrogen and oxygen atoms in total. The predicted octanol–water partition coefficient (Wildman–Crippen LogP) is 1.52. The fourth-order valence-electron chi connectivity index (χ4n) is 3.34. The number of amides is 1. The molecule has 1 aromatic rings. The lowest BCUT2D eigenvalue weighted by atomic mass is 10.1. The molecule has 0 N–H and O–H groups in total. The third-order valence-corrected chi connectivity index (χ3v) is 4.54. The summed E-state index contributed by atoms with van der Waals surface area (Å²) in [5.41, 5.74) is 0. The Balaban J connectivity index is 1.80. The second-order valence-corrected chi connectivity index (χ2v) is 6.35. The summed E-state index contributed by atoms with van der Waals surface area (Å²) in [5.74, 6) is 1.85. The minimum atomic E-state index is -0.0842. The van der Waals surface area contributed by atoms with Crippen LogP contribution in [0.5, 0.6) is 0 Å². The molecule has 6 heteroatoms. The van der Waals surface area contributed by atoms with Crippen LogP contribution in [0.4, 0.5) is 11.8 Å². The van der Waals surface area contributed by atoms with Gasteiger partial charge in [0.25, 0.3) is 0 Å². The van der Waals surface area contributed by atoms with Gasteiger partial charge in [0.2, 0.25) is 11.9 Å². The maximum atomic E-state index is 12.3. The molecule has 2 saturated heterocycles. The Bertz CT molecular complexity index is 527. The van der Waals surface area contributed by atoms with Crippen molar-refractivity contribution in [2.45, 2.75) is 38.1 Å². The van der Waals surface area contributed by atoms with Gasteiger partial charge in [-0.2, -0.15) is 4.98 Å². The highest BCUT2D eigenvalue weighted by atomic mass is 16.2. The van der Waals surface area contributed by atoms with Crippen molar-refractivity contribution >= 4 is 17.7 Å². The van der Waals surface area contributed by atoms with Gasteiger partial charge in [0.15, 0.2) is 0 Å². The van der Waals surface area contributed by atoms with Gasteiger partial charge in [0.05, 0.1) is 0 Å². The van der Waals surface area contributed by atoms with Crippen LogP contribution in [0.2, 0.25) is 0 Å². The van der Waals surface area contributed by atoms with Crippen LogP contribution in [0.15, 0.2) is 12.3 Å². The van der Waals surface area contributed by atoms with Crippen LogP contribution < -0.4 is 9.80 Å². The zero-order valence-electron chi connectivity index (χ0n) is 13.5. The van der Waals surface area contributed by atoms with Crippen LogP contribution >= 0.6 is 0 Å². The molecule has 2 aliphatic rings. The summed E-state index contributed by atoms with van der Waals surface area (Å²) >= 11 is 0. The summed E-state index contributed by atoms with van der Waals surface area (Å²) in [4.78, 5) is 27.6. The van der Waals surface area contributed by atoms with E-state index in [1.807, 2.05) is 26.4 Å². The van der Waals surface area contributed by atoms with Crippen molar-refractivity contribution in [2.75, 3.05) is 43.5 Å². The lowest BCUT2D eigenvalue weighted by Gasteiger charge is -2.29. The molecular weight excluding hydrogens is 278 g/mol. The summed E-state index contributed by atoms with van der Waals surface area (Å²) in [7, 11) is 3.63. The molecule has 2 fully saturated rings. The number of rotatable bonds is 3. The fraction of sp³-hybridized carbons (Fsp3) is 0.688.